The number of pyridine rings is 1. The van der Waals surface area contributed by atoms with E-state index in [2.05, 4.69) is 62.7 Å². The maximum Gasteiger partial charge on any atom is 0.272 e. The number of nitrogens with zero attached hydrogens (tertiary/aromatic N) is 3. The van der Waals surface area contributed by atoms with Crippen molar-refractivity contribution < 1.29 is 4.79 Å². The number of aromatic nitrogens is 2. The van der Waals surface area contributed by atoms with Crippen LogP contribution < -0.4 is 5.32 Å². The number of likely N-dealkylation sites (tertiary alicyclic amines) is 1. The molecule has 0 atom stereocenters. The normalized spacial score (nSPS) is 13.6. The molecule has 1 aliphatic heterocycles. The zero-order valence-electron chi connectivity index (χ0n) is 18.1. The maximum atomic E-state index is 12.9. The van der Waals surface area contributed by atoms with Crippen LogP contribution in [0.4, 0.5) is 5.82 Å². The average Bonchev–Trinajstić information content (AvgIpc) is 2.90. The number of anilines is 1. The lowest BCUT2D eigenvalue weighted by atomic mass is 10.0. The van der Waals surface area contributed by atoms with Gasteiger partial charge in [0, 0.05) is 37.3 Å². The Balaban J connectivity index is 1.81. The first-order chi connectivity index (χ1) is 13.9. The summed E-state index contributed by atoms with van der Waals surface area (Å²) in [4.78, 5) is 19.6. The molecule has 152 valence electrons. The predicted octanol–water partition coefficient (Wildman–Crippen LogP) is 4.75. The Morgan fingerprint density at radius 3 is 2.41 bits per heavy atom. The van der Waals surface area contributed by atoms with Crippen LogP contribution in [-0.2, 0) is 13.1 Å². The van der Waals surface area contributed by atoms with Gasteiger partial charge in [-0.1, -0.05) is 18.2 Å². The standard InChI is InChI=1S/C24H30N4O/c1-6-28-18(5)17(4)19-13-21(24(29)27-11-8-12-27)26-23(22(19)28)25-14-20-15(2)9-7-10-16(20)3/h7,9-10,13H,6,8,11-12,14H2,1-5H3,(H,25,26). The van der Waals surface area contributed by atoms with Gasteiger partial charge in [0.15, 0.2) is 5.82 Å². The fraction of sp³-hybridized carbons (Fsp3) is 0.417. The van der Waals surface area contributed by atoms with Gasteiger partial charge in [0.05, 0.1) is 5.52 Å². The first-order valence-electron chi connectivity index (χ1n) is 10.5. The molecule has 1 fully saturated rings. The van der Waals surface area contributed by atoms with E-state index in [0.29, 0.717) is 12.2 Å². The van der Waals surface area contributed by atoms with Gasteiger partial charge in [0.1, 0.15) is 5.69 Å². The summed E-state index contributed by atoms with van der Waals surface area (Å²) in [5.41, 5.74) is 7.89. The van der Waals surface area contributed by atoms with Crippen LogP contribution in [0.2, 0.25) is 0 Å². The minimum atomic E-state index is 0.0366. The van der Waals surface area contributed by atoms with Crippen molar-refractivity contribution in [1.82, 2.24) is 14.5 Å². The van der Waals surface area contributed by atoms with E-state index in [1.54, 1.807) is 0 Å². The quantitative estimate of drug-likeness (QED) is 0.684. The van der Waals surface area contributed by atoms with Crippen LogP contribution in [-0.4, -0.2) is 33.4 Å². The molecule has 1 aromatic carbocycles. The van der Waals surface area contributed by atoms with Gasteiger partial charge in [-0.15, -0.1) is 0 Å². The molecule has 0 spiro atoms. The van der Waals surface area contributed by atoms with Gasteiger partial charge >= 0.3 is 0 Å². The molecule has 1 amide bonds. The van der Waals surface area contributed by atoms with Crippen LogP contribution in [0.1, 0.15) is 51.8 Å². The Hall–Kier alpha value is -2.82. The summed E-state index contributed by atoms with van der Waals surface area (Å²) in [7, 11) is 0. The number of carbonyl (C=O) groups excluding carboxylic acids is 1. The zero-order chi connectivity index (χ0) is 20.7. The van der Waals surface area contributed by atoms with Gasteiger partial charge < -0.3 is 14.8 Å². The van der Waals surface area contributed by atoms with Crippen molar-refractivity contribution in [2.45, 2.75) is 54.1 Å². The van der Waals surface area contributed by atoms with Gasteiger partial charge in [-0.05, 0) is 69.4 Å². The third-order valence-corrected chi connectivity index (χ3v) is 6.37. The number of benzene rings is 1. The minimum Gasteiger partial charge on any atom is -0.364 e. The molecule has 3 heterocycles. The van der Waals surface area contributed by atoms with Crippen LogP contribution >= 0.6 is 0 Å². The van der Waals surface area contributed by atoms with E-state index in [4.69, 9.17) is 4.98 Å². The van der Waals surface area contributed by atoms with Gasteiger partial charge in [0.2, 0.25) is 0 Å². The van der Waals surface area contributed by atoms with E-state index in [1.165, 1.54) is 27.9 Å². The largest absolute Gasteiger partial charge is 0.364 e. The number of amides is 1. The summed E-state index contributed by atoms with van der Waals surface area (Å²) in [6.45, 7) is 13.9. The molecule has 0 aliphatic carbocycles. The number of rotatable bonds is 5. The Labute approximate surface area is 172 Å². The lowest BCUT2D eigenvalue weighted by molar-refractivity contribution is 0.0646. The van der Waals surface area contributed by atoms with E-state index >= 15 is 0 Å². The predicted molar refractivity (Wildman–Crippen MR) is 119 cm³/mol. The summed E-state index contributed by atoms with van der Waals surface area (Å²) < 4.78 is 2.29. The number of fused-ring (bicyclic) bond motifs is 1. The molecule has 0 saturated carbocycles. The molecule has 4 rings (SSSR count). The van der Waals surface area contributed by atoms with Crippen LogP contribution in [0.15, 0.2) is 24.3 Å². The average molecular weight is 391 g/mol. The maximum absolute atomic E-state index is 12.9. The summed E-state index contributed by atoms with van der Waals surface area (Å²) in [6, 6.07) is 8.35. The van der Waals surface area contributed by atoms with Gasteiger partial charge in [-0.25, -0.2) is 4.98 Å². The fourth-order valence-corrected chi connectivity index (χ4v) is 4.27. The van der Waals surface area contributed by atoms with Crippen molar-refractivity contribution in [3.63, 3.8) is 0 Å². The van der Waals surface area contributed by atoms with Crippen molar-refractivity contribution >= 4 is 22.6 Å². The van der Waals surface area contributed by atoms with Gasteiger partial charge in [-0.3, -0.25) is 4.79 Å². The van der Waals surface area contributed by atoms with Crippen molar-refractivity contribution in [2.24, 2.45) is 0 Å². The Bertz CT molecular complexity index is 1070. The lowest BCUT2D eigenvalue weighted by Gasteiger charge is -2.30. The number of nitrogens with one attached hydrogen (secondary N) is 1. The Morgan fingerprint density at radius 2 is 1.83 bits per heavy atom. The highest BCUT2D eigenvalue weighted by Gasteiger charge is 2.25. The Morgan fingerprint density at radius 1 is 1.14 bits per heavy atom. The molecule has 3 aromatic rings. The molecule has 1 saturated heterocycles. The van der Waals surface area contributed by atoms with E-state index in [9.17, 15) is 4.79 Å². The van der Waals surface area contributed by atoms with Crippen molar-refractivity contribution in [1.29, 1.82) is 0 Å². The molecule has 29 heavy (non-hydrogen) atoms. The third kappa shape index (κ3) is 3.28. The van der Waals surface area contributed by atoms with E-state index < -0.39 is 0 Å². The number of carbonyl (C=O) groups is 1. The Kier molecular flexibility index (Phi) is 5.07. The molecule has 2 aromatic heterocycles. The third-order valence-electron chi connectivity index (χ3n) is 6.37. The highest BCUT2D eigenvalue weighted by Crippen LogP contribution is 2.32. The number of aryl methyl sites for hydroxylation is 4. The highest BCUT2D eigenvalue weighted by molar-refractivity contribution is 6.01. The van der Waals surface area contributed by atoms with Crippen molar-refractivity contribution in [3.8, 4) is 0 Å². The summed E-state index contributed by atoms with van der Waals surface area (Å²) in [6.07, 6.45) is 1.08. The smallest absolute Gasteiger partial charge is 0.272 e. The van der Waals surface area contributed by atoms with Gasteiger partial charge in [-0.2, -0.15) is 0 Å². The molecular formula is C24H30N4O. The summed E-state index contributed by atoms with van der Waals surface area (Å²) in [5.74, 6) is 0.835. The first-order valence-corrected chi connectivity index (χ1v) is 10.5. The van der Waals surface area contributed by atoms with Crippen LogP contribution in [0, 0.1) is 27.7 Å². The molecule has 0 unspecified atom stereocenters. The zero-order valence-corrected chi connectivity index (χ0v) is 18.1. The van der Waals surface area contributed by atoms with Crippen molar-refractivity contribution in [3.05, 3.63) is 57.9 Å². The highest BCUT2D eigenvalue weighted by atomic mass is 16.2. The second-order valence-corrected chi connectivity index (χ2v) is 8.08. The molecule has 1 aliphatic rings. The molecule has 5 heteroatoms. The molecule has 0 radical (unpaired) electrons. The van der Waals surface area contributed by atoms with E-state index in [-0.39, 0.29) is 5.91 Å². The molecule has 0 bridgehead atoms. The van der Waals surface area contributed by atoms with Gasteiger partial charge in [0.25, 0.3) is 5.91 Å². The SMILES string of the molecule is CCn1c(C)c(C)c2cc(C(=O)N3CCC3)nc(NCc3c(C)cccc3C)c21. The number of hydrogen-bond donors (Lipinski definition) is 1. The lowest BCUT2D eigenvalue weighted by Crippen LogP contribution is -2.42. The van der Waals surface area contributed by atoms with E-state index in [0.717, 1.165) is 42.8 Å². The second kappa shape index (κ2) is 7.54. The topological polar surface area (TPSA) is 50.2 Å². The minimum absolute atomic E-state index is 0.0366. The van der Waals surface area contributed by atoms with Crippen LogP contribution in [0.5, 0.6) is 0 Å². The molecule has 5 nitrogen and oxygen atoms in total. The second-order valence-electron chi connectivity index (χ2n) is 8.08. The summed E-state index contributed by atoms with van der Waals surface area (Å²) in [5, 5.41) is 4.69. The fourth-order valence-electron chi connectivity index (χ4n) is 4.27. The van der Waals surface area contributed by atoms with Crippen molar-refractivity contribution in [2.75, 3.05) is 18.4 Å². The molecular weight excluding hydrogens is 360 g/mol. The van der Waals surface area contributed by atoms with Crippen LogP contribution in [0.3, 0.4) is 0 Å². The summed E-state index contributed by atoms with van der Waals surface area (Å²) >= 11 is 0. The monoisotopic (exact) mass is 390 g/mol. The first kappa shape index (κ1) is 19.5. The molecule has 1 N–H and O–H groups in total. The van der Waals surface area contributed by atoms with E-state index in [1.807, 2.05) is 11.0 Å². The number of hydrogen-bond acceptors (Lipinski definition) is 3. The van der Waals surface area contributed by atoms with Crippen LogP contribution in [0.25, 0.3) is 10.9 Å².